The van der Waals surface area contributed by atoms with Crippen molar-refractivity contribution < 1.29 is 24.2 Å². The lowest BCUT2D eigenvalue weighted by molar-refractivity contribution is -0.134. The number of hydrogen-bond donors (Lipinski definition) is 4. The Hall–Kier alpha value is -2.65. The van der Waals surface area contributed by atoms with E-state index in [-0.39, 0.29) is 12.5 Å². The molecule has 1 saturated heterocycles. The third-order valence-corrected chi connectivity index (χ3v) is 5.16. The van der Waals surface area contributed by atoms with Crippen LogP contribution in [0.4, 0.5) is 15.3 Å². The number of para-hydroxylation sites is 1. The molecule has 4 N–H and O–H groups in total. The van der Waals surface area contributed by atoms with E-state index < -0.39 is 41.8 Å². The minimum absolute atomic E-state index is 0.0636. The van der Waals surface area contributed by atoms with E-state index >= 15 is 0 Å². The molecule has 2 rings (SSSR count). The number of amides is 4. The van der Waals surface area contributed by atoms with Crippen LogP contribution in [0.2, 0.25) is 0 Å². The van der Waals surface area contributed by atoms with Crippen LogP contribution in [0.1, 0.15) is 53.9 Å². The Morgan fingerprint density at radius 3 is 2.48 bits per heavy atom. The molecule has 9 nitrogen and oxygen atoms in total. The Morgan fingerprint density at radius 1 is 1.21 bits per heavy atom. The summed E-state index contributed by atoms with van der Waals surface area (Å²) in [5.74, 6) is -0.511. The van der Waals surface area contributed by atoms with Gasteiger partial charge in [-0.3, -0.25) is 9.69 Å². The Bertz CT molecular complexity index is 794. The summed E-state index contributed by atoms with van der Waals surface area (Å²) in [7, 11) is 0. The Labute approximate surface area is 196 Å². The number of nitrogens with zero attached hydrogens (tertiary/aromatic N) is 1. The summed E-state index contributed by atoms with van der Waals surface area (Å²) in [4.78, 5) is 40.6. The summed E-state index contributed by atoms with van der Waals surface area (Å²) in [6.07, 6.45) is -0.206. The largest absolute Gasteiger partial charge is 0.444 e. The zero-order valence-electron chi connectivity index (χ0n) is 20.3. The number of carbonyl (C=O) groups excluding carboxylic acids is 3. The Balaban J connectivity index is 2.34. The molecule has 4 amide bonds. The number of urea groups is 1. The third-order valence-electron chi connectivity index (χ3n) is 5.16. The number of alkyl carbamates (subject to hydrolysis) is 1. The highest BCUT2D eigenvalue weighted by Crippen LogP contribution is 2.20. The predicted molar refractivity (Wildman–Crippen MR) is 127 cm³/mol. The molecule has 1 aromatic carbocycles. The summed E-state index contributed by atoms with van der Waals surface area (Å²) in [5, 5.41) is 19.2. The number of nitrogens with one attached hydrogen (secondary N) is 3. The fourth-order valence-electron chi connectivity index (χ4n) is 3.75. The van der Waals surface area contributed by atoms with Crippen molar-refractivity contribution in [3.8, 4) is 0 Å². The van der Waals surface area contributed by atoms with E-state index in [0.717, 1.165) is 4.90 Å². The van der Waals surface area contributed by atoms with E-state index in [9.17, 15) is 19.5 Å². The number of anilines is 1. The van der Waals surface area contributed by atoms with Crippen molar-refractivity contribution in [3.63, 3.8) is 0 Å². The van der Waals surface area contributed by atoms with Crippen LogP contribution in [0.15, 0.2) is 30.3 Å². The van der Waals surface area contributed by atoms with Crippen LogP contribution in [-0.2, 0) is 9.53 Å². The maximum Gasteiger partial charge on any atom is 0.408 e. The third kappa shape index (κ3) is 8.66. The molecule has 0 aromatic heterocycles. The van der Waals surface area contributed by atoms with Crippen LogP contribution in [-0.4, -0.2) is 64.9 Å². The van der Waals surface area contributed by atoms with Crippen LogP contribution in [0.5, 0.6) is 0 Å². The Kier molecular flexibility index (Phi) is 9.67. The molecule has 1 heterocycles. The van der Waals surface area contributed by atoms with Crippen molar-refractivity contribution in [2.75, 3.05) is 18.4 Å². The molecule has 0 saturated carbocycles. The number of aliphatic hydroxyl groups is 1. The zero-order chi connectivity index (χ0) is 24.6. The first-order chi connectivity index (χ1) is 15.5. The van der Waals surface area contributed by atoms with Gasteiger partial charge in [-0.05, 0) is 64.6 Å². The van der Waals surface area contributed by atoms with E-state index in [1.807, 2.05) is 19.9 Å². The number of rotatable bonds is 6. The lowest BCUT2D eigenvalue weighted by Crippen LogP contribution is -2.59. The van der Waals surface area contributed by atoms with Gasteiger partial charge in [0.25, 0.3) is 5.91 Å². The van der Waals surface area contributed by atoms with Gasteiger partial charge in [0, 0.05) is 12.2 Å². The summed E-state index contributed by atoms with van der Waals surface area (Å²) in [5.41, 5.74) is -0.203. The molecule has 1 aromatic rings. The smallest absolute Gasteiger partial charge is 0.408 e. The van der Waals surface area contributed by atoms with E-state index in [1.165, 1.54) is 0 Å². The van der Waals surface area contributed by atoms with Crippen molar-refractivity contribution in [3.05, 3.63) is 30.3 Å². The van der Waals surface area contributed by atoms with Crippen LogP contribution in [0.3, 0.4) is 0 Å². The zero-order valence-corrected chi connectivity index (χ0v) is 20.3. The predicted octanol–water partition coefficient (Wildman–Crippen LogP) is 3.10. The van der Waals surface area contributed by atoms with Crippen molar-refractivity contribution in [1.29, 1.82) is 0 Å². The van der Waals surface area contributed by atoms with E-state index in [1.54, 1.807) is 45.0 Å². The maximum absolute atomic E-state index is 13.7. The highest BCUT2D eigenvalue weighted by Gasteiger charge is 2.39. The van der Waals surface area contributed by atoms with Gasteiger partial charge in [-0.15, -0.1) is 0 Å². The molecular weight excluding hydrogens is 424 g/mol. The van der Waals surface area contributed by atoms with Gasteiger partial charge >= 0.3 is 12.1 Å². The van der Waals surface area contributed by atoms with Crippen LogP contribution in [0, 0.1) is 5.92 Å². The Morgan fingerprint density at radius 2 is 1.88 bits per heavy atom. The number of aliphatic hydroxyl groups excluding tert-OH is 1. The van der Waals surface area contributed by atoms with Gasteiger partial charge < -0.3 is 25.8 Å². The summed E-state index contributed by atoms with van der Waals surface area (Å²) < 4.78 is 5.34. The topological polar surface area (TPSA) is 120 Å². The number of hydrogen-bond acceptors (Lipinski definition) is 6. The molecular formula is C24H38N4O5. The number of benzene rings is 1. The van der Waals surface area contributed by atoms with Gasteiger partial charge in [-0.1, -0.05) is 32.0 Å². The summed E-state index contributed by atoms with van der Waals surface area (Å²) >= 11 is 0. The van der Waals surface area contributed by atoms with E-state index in [2.05, 4.69) is 16.0 Å². The standard InChI is InChI=1S/C24H38N4O5/c1-16(2)14-18(27-23(32)33-24(3,4)5)21(30)28(19-12-9-13-25-15-20(19)29)22(31)26-17-10-7-6-8-11-17/h6-8,10-11,16,18-20,25,29H,9,12-15H2,1-5H3,(H,26,31)(H,27,32)/t18?,19?,20-/m0/s1. The van der Waals surface area contributed by atoms with Crippen LogP contribution >= 0.6 is 0 Å². The second-order valence-electron chi connectivity index (χ2n) is 9.81. The van der Waals surface area contributed by atoms with Gasteiger partial charge in [0.2, 0.25) is 0 Å². The molecule has 0 bridgehead atoms. The quantitative estimate of drug-likeness (QED) is 0.516. The van der Waals surface area contributed by atoms with Gasteiger partial charge in [0.05, 0.1) is 12.1 Å². The second-order valence-corrected chi connectivity index (χ2v) is 9.81. The van der Waals surface area contributed by atoms with E-state index in [0.29, 0.717) is 31.5 Å². The van der Waals surface area contributed by atoms with Crippen LogP contribution < -0.4 is 16.0 Å². The van der Waals surface area contributed by atoms with Crippen molar-refractivity contribution in [2.24, 2.45) is 5.92 Å². The van der Waals surface area contributed by atoms with Crippen molar-refractivity contribution >= 4 is 23.7 Å². The second kappa shape index (κ2) is 12.0. The molecule has 184 valence electrons. The summed E-state index contributed by atoms with van der Waals surface area (Å²) in [6, 6.07) is 6.46. The molecule has 9 heteroatoms. The average Bonchev–Trinajstić information content (AvgIpc) is 2.91. The highest BCUT2D eigenvalue weighted by atomic mass is 16.6. The van der Waals surface area contributed by atoms with Crippen molar-refractivity contribution in [2.45, 2.75) is 77.7 Å². The van der Waals surface area contributed by atoms with Crippen LogP contribution in [0.25, 0.3) is 0 Å². The van der Waals surface area contributed by atoms with Crippen molar-refractivity contribution in [1.82, 2.24) is 15.5 Å². The first-order valence-electron chi connectivity index (χ1n) is 11.6. The minimum atomic E-state index is -0.982. The number of imide groups is 1. The average molecular weight is 463 g/mol. The number of ether oxygens (including phenoxy) is 1. The molecule has 0 aliphatic carbocycles. The normalized spacial score (nSPS) is 19.8. The van der Waals surface area contributed by atoms with E-state index in [4.69, 9.17) is 4.74 Å². The van der Waals surface area contributed by atoms with Gasteiger partial charge in [-0.25, -0.2) is 9.59 Å². The molecule has 0 spiro atoms. The first-order valence-corrected chi connectivity index (χ1v) is 11.6. The fourth-order valence-corrected chi connectivity index (χ4v) is 3.75. The van der Waals surface area contributed by atoms with Gasteiger partial charge in [0.15, 0.2) is 0 Å². The molecule has 1 aliphatic rings. The molecule has 1 aliphatic heterocycles. The molecule has 1 fully saturated rings. The molecule has 2 unspecified atom stereocenters. The molecule has 0 radical (unpaired) electrons. The minimum Gasteiger partial charge on any atom is -0.444 e. The lowest BCUT2D eigenvalue weighted by Gasteiger charge is -2.35. The monoisotopic (exact) mass is 462 g/mol. The number of carbonyl (C=O) groups is 3. The maximum atomic E-state index is 13.7. The summed E-state index contributed by atoms with van der Waals surface area (Å²) in [6.45, 7) is 10.0. The highest BCUT2D eigenvalue weighted by molar-refractivity contribution is 6.04. The van der Waals surface area contributed by atoms with Gasteiger partial charge in [-0.2, -0.15) is 0 Å². The molecule has 33 heavy (non-hydrogen) atoms. The number of β-amino-alcohol motifs (C(OH)–C–C–N with tert-alkyl or cyclic N) is 1. The fraction of sp³-hybridized carbons (Fsp3) is 0.625. The first kappa shape index (κ1) is 26.6. The molecule has 3 atom stereocenters. The SMILES string of the molecule is CC(C)CC(NC(=O)OC(C)(C)C)C(=O)N(C(=O)Nc1ccccc1)C1CCCNC[C@@H]1O. The lowest BCUT2D eigenvalue weighted by atomic mass is 9.99. The van der Waals surface area contributed by atoms with Gasteiger partial charge in [0.1, 0.15) is 11.6 Å².